The molecule has 7 heteroatoms. The van der Waals surface area contributed by atoms with Gasteiger partial charge in [0.05, 0.1) is 17.8 Å². The number of aryl methyl sites for hydroxylation is 1. The van der Waals surface area contributed by atoms with E-state index in [1.807, 2.05) is 0 Å². The first-order valence-corrected chi connectivity index (χ1v) is 6.25. The molecule has 0 radical (unpaired) electrons. The van der Waals surface area contributed by atoms with Gasteiger partial charge in [0, 0.05) is 6.07 Å². The molecule has 0 saturated heterocycles. The number of benzene rings is 1. The Morgan fingerprint density at radius 1 is 1.33 bits per heavy atom. The Kier molecular flexibility index (Phi) is 4.32. The monoisotopic (exact) mass is 296 g/mol. The second-order valence-electron chi connectivity index (χ2n) is 4.71. The van der Waals surface area contributed by atoms with Crippen LogP contribution in [0.25, 0.3) is 0 Å². The lowest BCUT2D eigenvalue weighted by molar-refractivity contribution is 0.0817. The van der Waals surface area contributed by atoms with E-state index in [-0.39, 0.29) is 11.3 Å². The molecule has 1 aromatic carbocycles. The number of aliphatic hydroxyl groups excluding tert-OH is 1. The maximum atomic E-state index is 13.1. The summed E-state index contributed by atoms with van der Waals surface area (Å²) in [5.41, 5.74) is 0.712. The van der Waals surface area contributed by atoms with Gasteiger partial charge in [0.25, 0.3) is 5.91 Å². The Morgan fingerprint density at radius 2 is 2.05 bits per heavy atom. The average molecular weight is 296 g/mol. The highest BCUT2D eigenvalue weighted by molar-refractivity contribution is 5.91. The number of hydrogen-bond acceptors (Lipinski definition) is 4. The van der Waals surface area contributed by atoms with Crippen molar-refractivity contribution in [2.75, 3.05) is 0 Å². The van der Waals surface area contributed by atoms with E-state index in [0.717, 1.165) is 12.1 Å². The van der Waals surface area contributed by atoms with Crippen molar-refractivity contribution in [3.8, 4) is 0 Å². The van der Waals surface area contributed by atoms with Crippen molar-refractivity contribution in [2.45, 2.75) is 26.0 Å². The molecule has 1 heterocycles. The van der Waals surface area contributed by atoms with Gasteiger partial charge >= 0.3 is 0 Å². The summed E-state index contributed by atoms with van der Waals surface area (Å²) < 4.78 is 30.8. The van der Waals surface area contributed by atoms with Gasteiger partial charge in [-0.1, -0.05) is 11.2 Å². The number of halogens is 2. The van der Waals surface area contributed by atoms with E-state index in [2.05, 4.69) is 10.5 Å². The van der Waals surface area contributed by atoms with E-state index in [4.69, 9.17) is 4.52 Å². The third-order valence-electron chi connectivity index (χ3n) is 2.97. The van der Waals surface area contributed by atoms with Gasteiger partial charge in [-0.3, -0.25) is 4.79 Å². The zero-order valence-electron chi connectivity index (χ0n) is 11.4. The smallest absolute Gasteiger partial charge is 0.290 e. The average Bonchev–Trinajstić information content (AvgIpc) is 2.87. The Hall–Kier alpha value is -2.28. The van der Waals surface area contributed by atoms with Crippen molar-refractivity contribution >= 4 is 5.91 Å². The number of carbonyl (C=O) groups is 1. The summed E-state index contributed by atoms with van der Waals surface area (Å²) in [6, 6.07) is 3.78. The highest BCUT2D eigenvalue weighted by Crippen LogP contribution is 2.19. The minimum Gasteiger partial charge on any atom is -0.386 e. The molecule has 112 valence electrons. The molecule has 0 fully saturated rings. The minimum absolute atomic E-state index is 0.0110. The lowest BCUT2D eigenvalue weighted by Crippen LogP contribution is -2.37. The summed E-state index contributed by atoms with van der Waals surface area (Å²) in [4.78, 5) is 11.8. The molecule has 2 aromatic rings. The Balaban J connectivity index is 2.06. The molecule has 2 unspecified atom stereocenters. The molecule has 1 aromatic heterocycles. The normalized spacial score (nSPS) is 13.8. The predicted octanol–water partition coefficient (Wildman–Crippen LogP) is 2.11. The first-order chi connectivity index (χ1) is 9.88. The Bertz CT molecular complexity index is 657. The minimum atomic E-state index is -1.19. The number of nitrogens with one attached hydrogen (secondary N) is 1. The van der Waals surface area contributed by atoms with E-state index >= 15 is 0 Å². The molecule has 2 N–H and O–H groups in total. The van der Waals surface area contributed by atoms with Crippen molar-refractivity contribution in [3.05, 3.63) is 52.9 Å². The maximum Gasteiger partial charge on any atom is 0.290 e. The van der Waals surface area contributed by atoms with E-state index in [1.165, 1.54) is 19.1 Å². The summed E-state index contributed by atoms with van der Waals surface area (Å²) in [7, 11) is 0. The molecular formula is C14H14F2N2O3. The maximum absolute atomic E-state index is 13.1. The fraction of sp³-hybridized carbons (Fsp3) is 0.286. The van der Waals surface area contributed by atoms with Gasteiger partial charge in [-0.2, -0.15) is 0 Å². The number of rotatable bonds is 4. The van der Waals surface area contributed by atoms with Crippen molar-refractivity contribution in [2.24, 2.45) is 0 Å². The number of hydrogen-bond donors (Lipinski definition) is 2. The molecule has 0 bridgehead atoms. The van der Waals surface area contributed by atoms with E-state index < -0.39 is 29.7 Å². The lowest BCUT2D eigenvalue weighted by atomic mass is 10.0. The van der Waals surface area contributed by atoms with Crippen LogP contribution in [0.15, 0.2) is 28.8 Å². The summed E-state index contributed by atoms with van der Waals surface area (Å²) in [5, 5.41) is 16.1. The second kappa shape index (κ2) is 6.01. The number of carbonyl (C=O) groups excluding carboxylic acids is 1. The highest BCUT2D eigenvalue weighted by atomic mass is 19.2. The third kappa shape index (κ3) is 3.43. The molecule has 2 atom stereocenters. The molecule has 0 aliphatic carbocycles. The summed E-state index contributed by atoms with van der Waals surface area (Å²) >= 11 is 0. The quantitative estimate of drug-likeness (QED) is 0.906. The number of aromatic nitrogens is 1. The number of amides is 1. The van der Waals surface area contributed by atoms with Gasteiger partial charge in [-0.25, -0.2) is 8.78 Å². The van der Waals surface area contributed by atoms with Crippen molar-refractivity contribution in [3.63, 3.8) is 0 Å². The van der Waals surface area contributed by atoms with Crippen LogP contribution in [0, 0.1) is 18.6 Å². The summed E-state index contributed by atoms with van der Waals surface area (Å²) in [6.07, 6.45) is -1.19. The lowest BCUT2D eigenvalue weighted by Gasteiger charge is -2.20. The number of aliphatic hydroxyl groups is 1. The predicted molar refractivity (Wildman–Crippen MR) is 69.5 cm³/mol. The zero-order valence-corrected chi connectivity index (χ0v) is 11.4. The largest absolute Gasteiger partial charge is 0.386 e. The molecule has 0 saturated carbocycles. The van der Waals surface area contributed by atoms with Crippen molar-refractivity contribution in [1.82, 2.24) is 10.5 Å². The fourth-order valence-electron chi connectivity index (χ4n) is 1.81. The van der Waals surface area contributed by atoms with Crippen LogP contribution in [0.2, 0.25) is 0 Å². The molecule has 0 aliphatic heterocycles. The third-order valence-corrected chi connectivity index (χ3v) is 2.97. The molecule has 0 aliphatic rings. The van der Waals surface area contributed by atoms with Crippen LogP contribution in [-0.4, -0.2) is 22.2 Å². The van der Waals surface area contributed by atoms with Gasteiger partial charge in [0.2, 0.25) is 5.76 Å². The van der Waals surface area contributed by atoms with E-state index in [9.17, 15) is 18.7 Å². The van der Waals surface area contributed by atoms with Crippen LogP contribution >= 0.6 is 0 Å². The standard InChI is InChI=1S/C14H14F2N2O3/c1-7-5-12(21-18-7)14(20)17-8(2)13(19)9-3-4-10(15)11(16)6-9/h3-6,8,13,19H,1-2H3,(H,17,20). The molecular weight excluding hydrogens is 282 g/mol. The van der Waals surface area contributed by atoms with Gasteiger partial charge in [0.1, 0.15) is 0 Å². The number of nitrogens with zero attached hydrogens (tertiary/aromatic N) is 1. The highest BCUT2D eigenvalue weighted by Gasteiger charge is 2.22. The van der Waals surface area contributed by atoms with Gasteiger partial charge in [0.15, 0.2) is 11.6 Å². The van der Waals surface area contributed by atoms with E-state index in [0.29, 0.717) is 5.69 Å². The fourth-order valence-corrected chi connectivity index (χ4v) is 1.81. The van der Waals surface area contributed by atoms with E-state index in [1.54, 1.807) is 6.92 Å². The van der Waals surface area contributed by atoms with Crippen molar-refractivity contribution in [1.29, 1.82) is 0 Å². The Morgan fingerprint density at radius 3 is 2.62 bits per heavy atom. The zero-order chi connectivity index (χ0) is 15.6. The van der Waals surface area contributed by atoms with Gasteiger partial charge in [-0.05, 0) is 31.5 Å². The molecule has 0 spiro atoms. The molecule has 5 nitrogen and oxygen atoms in total. The first kappa shape index (κ1) is 15.1. The summed E-state index contributed by atoms with van der Waals surface area (Å²) in [6.45, 7) is 3.20. The first-order valence-electron chi connectivity index (χ1n) is 6.25. The van der Waals surface area contributed by atoms with Gasteiger partial charge < -0.3 is 14.9 Å². The Labute approximate surface area is 119 Å². The SMILES string of the molecule is Cc1cc(C(=O)NC(C)C(O)c2ccc(F)c(F)c2)on1. The van der Waals surface area contributed by atoms with Crippen LogP contribution in [0.1, 0.15) is 34.8 Å². The van der Waals surface area contributed by atoms with Crippen LogP contribution < -0.4 is 5.32 Å². The van der Waals surface area contributed by atoms with Crippen LogP contribution in [-0.2, 0) is 0 Å². The van der Waals surface area contributed by atoms with Crippen molar-refractivity contribution < 1.29 is 23.2 Å². The van der Waals surface area contributed by atoms with Gasteiger partial charge in [-0.15, -0.1) is 0 Å². The van der Waals surface area contributed by atoms with Crippen LogP contribution in [0.3, 0.4) is 0 Å². The molecule has 1 amide bonds. The molecule has 21 heavy (non-hydrogen) atoms. The van der Waals surface area contributed by atoms with Crippen LogP contribution in [0.4, 0.5) is 8.78 Å². The van der Waals surface area contributed by atoms with Crippen LogP contribution in [0.5, 0.6) is 0 Å². The molecule has 2 rings (SSSR count). The topological polar surface area (TPSA) is 75.4 Å². The second-order valence-corrected chi connectivity index (χ2v) is 4.71. The summed E-state index contributed by atoms with van der Waals surface area (Å²) in [5.74, 6) is -2.60.